The quantitative estimate of drug-likeness (QED) is 0.558. The van der Waals surface area contributed by atoms with E-state index in [2.05, 4.69) is 20.4 Å². The maximum Gasteiger partial charge on any atom is 0.266 e. The molecule has 0 atom stereocenters. The van der Waals surface area contributed by atoms with E-state index in [9.17, 15) is 14.0 Å². The molecule has 2 N–H and O–H groups in total. The van der Waals surface area contributed by atoms with Gasteiger partial charge < -0.3 is 10.3 Å². The summed E-state index contributed by atoms with van der Waals surface area (Å²) in [5.41, 5.74) is 3.03. The smallest absolute Gasteiger partial charge is 0.266 e. The molecule has 0 radical (unpaired) electrons. The molecule has 8 heteroatoms. The van der Waals surface area contributed by atoms with E-state index in [0.717, 1.165) is 11.0 Å². The van der Waals surface area contributed by atoms with E-state index >= 15 is 0 Å². The van der Waals surface area contributed by atoms with Gasteiger partial charge in [0.15, 0.2) is 0 Å². The molecular formula is C20H16FN5O2. The third-order valence-electron chi connectivity index (χ3n) is 4.30. The lowest BCUT2D eigenvalue weighted by Crippen LogP contribution is -2.31. The van der Waals surface area contributed by atoms with E-state index in [0.29, 0.717) is 16.8 Å². The average molecular weight is 377 g/mol. The molecule has 0 fully saturated rings. The third-order valence-corrected chi connectivity index (χ3v) is 4.30. The van der Waals surface area contributed by atoms with Gasteiger partial charge in [-0.1, -0.05) is 0 Å². The predicted octanol–water partition coefficient (Wildman–Crippen LogP) is 2.36. The zero-order chi connectivity index (χ0) is 19.5. The summed E-state index contributed by atoms with van der Waals surface area (Å²) in [4.78, 5) is 31.4. The van der Waals surface area contributed by atoms with Crippen molar-refractivity contribution in [2.45, 2.75) is 6.54 Å². The predicted molar refractivity (Wildman–Crippen MR) is 102 cm³/mol. The first-order chi connectivity index (χ1) is 13.6. The minimum Gasteiger partial charge on any atom is -0.350 e. The molecule has 0 aliphatic carbocycles. The first kappa shape index (κ1) is 17.6. The normalized spacial score (nSPS) is 10.9. The number of rotatable bonds is 5. The van der Waals surface area contributed by atoms with Gasteiger partial charge in [-0.2, -0.15) is 5.10 Å². The van der Waals surface area contributed by atoms with Gasteiger partial charge >= 0.3 is 0 Å². The molecule has 2 heterocycles. The zero-order valence-corrected chi connectivity index (χ0v) is 14.7. The number of imidazole rings is 1. The van der Waals surface area contributed by atoms with Crippen molar-refractivity contribution in [2.24, 2.45) is 0 Å². The topological polar surface area (TPSA) is 92.7 Å². The molecule has 4 rings (SSSR count). The fourth-order valence-electron chi connectivity index (χ4n) is 2.84. The van der Waals surface area contributed by atoms with Gasteiger partial charge in [0, 0.05) is 23.7 Å². The molecule has 28 heavy (non-hydrogen) atoms. The number of halogens is 1. The molecule has 7 nitrogen and oxygen atoms in total. The Labute approximate surface area is 158 Å². The molecule has 0 unspecified atom stereocenters. The number of H-pyrrole nitrogens is 1. The van der Waals surface area contributed by atoms with Crippen LogP contribution in [-0.4, -0.2) is 32.2 Å². The van der Waals surface area contributed by atoms with Gasteiger partial charge in [-0.15, -0.1) is 0 Å². The highest BCUT2D eigenvalue weighted by Gasteiger charge is 2.08. The summed E-state index contributed by atoms with van der Waals surface area (Å²) in [6, 6.07) is 14.0. The Morgan fingerprint density at radius 1 is 1.11 bits per heavy atom. The number of fused-ring (bicyclic) bond motifs is 1. The Morgan fingerprint density at radius 2 is 1.93 bits per heavy atom. The zero-order valence-electron chi connectivity index (χ0n) is 14.7. The lowest BCUT2D eigenvalue weighted by Gasteiger charge is -2.09. The van der Waals surface area contributed by atoms with Crippen molar-refractivity contribution >= 4 is 16.9 Å². The van der Waals surface area contributed by atoms with Crippen LogP contribution < -0.4 is 10.9 Å². The van der Waals surface area contributed by atoms with Crippen molar-refractivity contribution in [3.63, 3.8) is 0 Å². The average Bonchev–Trinajstić information content (AvgIpc) is 3.18. The third kappa shape index (κ3) is 3.66. The number of hydrogen-bond acceptors (Lipinski definition) is 4. The molecule has 1 amide bonds. The minimum absolute atomic E-state index is 0.214. The van der Waals surface area contributed by atoms with Crippen molar-refractivity contribution in [1.82, 2.24) is 25.1 Å². The van der Waals surface area contributed by atoms with Crippen LogP contribution in [0.5, 0.6) is 0 Å². The number of aromatic amines is 1. The Hall–Kier alpha value is -3.81. The number of hydrogen-bond donors (Lipinski definition) is 2. The highest BCUT2D eigenvalue weighted by molar-refractivity contribution is 5.97. The van der Waals surface area contributed by atoms with Crippen LogP contribution in [0.3, 0.4) is 0 Å². The number of benzene rings is 2. The van der Waals surface area contributed by atoms with Crippen molar-refractivity contribution in [2.75, 3.05) is 6.54 Å². The summed E-state index contributed by atoms with van der Waals surface area (Å²) in [6.45, 7) is 0.450. The van der Waals surface area contributed by atoms with E-state index in [1.807, 2.05) is 0 Å². The SMILES string of the molecule is O=C(NCCn1nc(-c2ccc(F)cc2)ccc1=O)c1ccc2nc[nH]c2c1. The van der Waals surface area contributed by atoms with Crippen LogP contribution >= 0.6 is 0 Å². The fraction of sp³-hybridized carbons (Fsp3) is 0.100. The van der Waals surface area contributed by atoms with Gasteiger partial charge in [0.25, 0.3) is 11.5 Å². The molecular weight excluding hydrogens is 361 g/mol. The lowest BCUT2D eigenvalue weighted by atomic mass is 10.1. The molecule has 2 aromatic carbocycles. The summed E-state index contributed by atoms with van der Waals surface area (Å²) in [5, 5.41) is 7.07. The summed E-state index contributed by atoms with van der Waals surface area (Å²) >= 11 is 0. The number of carbonyl (C=O) groups is 1. The fourth-order valence-corrected chi connectivity index (χ4v) is 2.84. The van der Waals surface area contributed by atoms with Crippen LogP contribution in [0, 0.1) is 5.82 Å². The Morgan fingerprint density at radius 3 is 2.75 bits per heavy atom. The first-order valence-corrected chi connectivity index (χ1v) is 8.65. The number of nitrogens with zero attached hydrogens (tertiary/aromatic N) is 3. The second kappa shape index (κ2) is 7.43. The monoisotopic (exact) mass is 377 g/mol. The number of aromatic nitrogens is 4. The highest BCUT2D eigenvalue weighted by atomic mass is 19.1. The number of amides is 1. The first-order valence-electron chi connectivity index (χ1n) is 8.65. The van der Waals surface area contributed by atoms with Gasteiger partial charge in [-0.25, -0.2) is 14.1 Å². The van der Waals surface area contributed by atoms with Crippen LogP contribution in [-0.2, 0) is 6.54 Å². The molecule has 0 saturated carbocycles. The molecule has 2 aromatic heterocycles. The van der Waals surface area contributed by atoms with E-state index in [4.69, 9.17) is 0 Å². The highest BCUT2D eigenvalue weighted by Crippen LogP contribution is 2.15. The van der Waals surface area contributed by atoms with Crippen molar-refractivity contribution in [3.05, 3.63) is 82.7 Å². The molecule has 0 aliphatic heterocycles. The van der Waals surface area contributed by atoms with Gasteiger partial charge in [0.1, 0.15) is 5.82 Å². The van der Waals surface area contributed by atoms with Crippen molar-refractivity contribution in [3.8, 4) is 11.3 Å². The molecule has 140 valence electrons. The van der Waals surface area contributed by atoms with Gasteiger partial charge in [-0.05, 0) is 48.5 Å². The summed E-state index contributed by atoms with van der Waals surface area (Å²) < 4.78 is 14.3. The van der Waals surface area contributed by atoms with Crippen molar-refractivity contribution in [1.29, 1.82) is 0 Å². The Balaban J connectivity index is 1.44. The standard InChI is InChI=1S/C20H16FN5O2/c21-15-4-1-13(2-5-15)16-7-8-19(27)26(25-16)10-9-22-20(28)14-3-6-17-18(11-14)24-12-23-17/h1-8,11-12H,9-10H2,(H,22,28)(H,23,24). The summed E-state index contributed by atoms with van der Waals surface area (Å²) in [5.74, 6) is -0.590. The molecule has 4 aromatic rings. The van der Waals surface area contributed by atoms with Crippen LogP contribution in [0.1, 0.15) is 10.4 Å². The molecule has 0 spiro atoms. The maximum atomic E-state index is 13.1. The Bertz CT molecular complexity index is 1200. The van der Waals surface area contributed by atoms with E-state index in [1.165, 1.54) is 22.9 Å². The van der Waals surface area contributed by atoms with Crippen LogP contribution in [0.4, 0.5) is 4.39 Å². The minimum atomic E-state index is -0.340. The van der Waals surface area contributed by atoms with Crippen LogP contribution in [0.25, 0.3) is 22.3 Å². The van der Waals surface area contributed by atoms with Gasteiger partial charge in [0.2, 0.25) is 0 Å². The summed E-state index contributed by atoms with van der Waals surface area (Å²) in [7, 11) is 0. The largest absolute Gasteiger partial charge is 0.350 e. The maximum absolute atomic E-state index is 13.1. The van der Waals surface area contributed by atoms with Gasteiger partial charge in [-0.3, -0.25) is 9.59 Å². The Kier molecular flexibility index (Phi) is 4.67. The van der Waals surface area contributed by atoms with Gasteiger partial charge in [0.05, 0.1) is 29.6 Å². The molecule has 0 saturated heterocycles. The van der Waals surface area contributed by atoms with E-state index in [-0.39, 0.29) is 30.4 Å². The van der Waals surface area contributed by atoms with E-state index < -0.39 is 0 Å². The number of nitrogens with one attached hydrogen (secondary N) is 2. The number of carbonyl (C=O) groups excluding carboxylic acids is 1. The second-order valence-electron chi connectivity index (χ2n) is 6.18. The second-order valence-corrected chi connectivity index (χ2v) is 6.18. The van der Waals surface area contributed by atoms with Crippen molar-refractivity contribution < 1.29 is 9.18 Å². The summed E-state index contributed by atoms with van der Waals surface area (Å²) in [6.07, 6.45) is 1.57. The van der Waals surface area contributed by atoms with Crippen LogP contribution in [0.2, 0.25) is 0 Å². The van der Waals surface area contributed by atoms with E-state index in [1.54, 1.807) is 42.7 Å². The lowest BCUT2D eigenvalue weighted by molar-refractivity contribution is 0.0952. The molecule has 0 bridgehead atoms. The molecule has 0 aliphatic rings. The van der Waals surface area contributed by atoms with Crippen LogP contribution in [0.15, 0.2) is 65.7 Å².